The van der Waals surface area contributed by atoms with E-state index in [9.17, 15) is 0 Å². The van der Waals surface area contributed by atoms with Gasteiger partial charge in [-0.25, -0.2) is 4.98 Å². The predicted molar refractivity (Wildman–Crippen MR) is 76.4 cm³/mol. The Labute approximate surface area is 103 Å². The van der Waals surface area contributed by atoms with Gasteiger partial charge in [0.05, 0.1) is 5.52 Å². The summed E-state index contributed by atoms with van der Waals surface area (Å²) in [5.41, 5.74) is 11.1. The van der Waals surface area contributed by atoms with Gasteiger partial charge in [-0.15, -0.1) is 5.54 Å². The minimum atomic E-state index is -1.37. The molecule has 0 saturated heterocycles. The zero-order valence-electron chi connectivity index (χ0n) is 10.4. The first-order valence-corrected chi connectivity index (χ1v) is 9.14. The summed E-state index contributed by atoms with van der Waals surface area (Å²) in [6.07, 6.45) is 0. The number of hydrogen-bond acceptors (Lipinski definition) is 2. The average Bonchev–Trinajstić information content (AvgIpc) is 2.24. The number of aromatic nitrogens is 1. The fourth-order valence-corrected chi connectivity index (χ4v) is 2.06. The Hall–Kier alpha value is -1.79. The first-order valence-electron chi connectivity index (χ1n) is 5.64. The van der Waals surface area contributed by atoms with Crippen molar-refractivity contribution in [2.45, 2.75) is 19.6 Å². The second-order valence-electron chi connectivity index (χ2n) is 5.11. The van der Waals surface area contributed by atoms with Gasteiger partial charge in [0.1, 0.15) is 13.9 Å². The topological polar surface area (TPSA) is 38.9 Å². The Morgan fingerprint density at radius 3 is 2.59 bits per heavy atom. The van der Waals surface area contributed by atoms with Gasteiger partial charge in [0.2, 0.25) is 0 Å². The van der Waals surface area contributed by atoms with E-state index in [2.05, 4.69) is 36.1 Å². The van der Waals surface area contributed by atoms with E-state index >= 15 is 0 Å². The lowest BCUT2D eigenvalue weighted by atomic mass is 10.1. The smallest absolute Gasteiger partial charge is 0.129 e. The first-order chi connectivity index (χ1) is 7.96. The van der Waals surface area contributed by atoms with Crippen LogP contribution >= 0.6 is 0 Å². The Bertz CT molecular complexity index is 615. The van der Waals surface area contributed by atoms with Crippen LogP contribution in [0.1, 0.15) is 5.56 Å². The molecule has 0 aliphatic carbocycles. The van der Waals surface area contributed by atoms with Crippen molar-refractivity contribution in [3.63, 3.8) is 0 Å². The van der Waals surface area contributed by atoms with Crippen molar-refractivity contribution in [2.75, 3.05) is 5.73 Å². The zero-order valence-corrected chi connectivity index (χ0v) is 11.4. The molecule has 86 valence electrons. The number of pyridine rings is 1. The van der Waals surface area contributed by atoms with Crippen molar-refractivity contribution in [3.05, 3.63) is 35.9 Å². The highest BCUT2D eigenvalue weighted by Gasteiger charge is 2.08. The second kappa shape index (κ2) is 4.23. The standard InChI is InChI=1S/C14H16N2Si/c1-17(2,3)9-8-11-10-14(15)16-13-7-5-4-6-12(11)13/h4-7,10H,1-3H3,(H2,15,16). The summed E-state index contributed by atoms with van der Waals surface area (Å²) in [6.45, 7) is 6.69. The van der Waals surface area contributed by atoms with Crippen LogP contribution < -0.4 is 5.73 Å². The summed E-state index contributed by atoms with van der Waals surface area (Å²) in [4.78, 5) is 4.30. The van der Waals surface area contributed by atoms with Crippen LogP contribution in [0.15, 0.2) is 30.3 Å². The molecule has 0 aliphatic heterocycles. The van der Waals surface area contributed by atoms with E-state index in [0.717, 1.165) is 16.5 Å². The van der Waals surface area contributed by atoms with E-state index in [1.165, 1.54) is 0 Å². The minimum absolute atomic E-state index is 0.531. The molecule has 1 aromatic heterocycles. The molecular weight excluding hydrogens is 224 g/mol. The van der Waals surface area contributed by atoms with Crippen molar-refractivity contribution in [2.24, 2.45) is 0 Å². The quantitative estimate of drug-likeness (QED) is 0.568. The van der Waals surface area contributed by atoms with Crippen molar-refractivity contribution in [3.8, 4) is 11.5 Å². The van der Waals surface area contributed by atoms with E-state index in [4.69, 9.17) is 5.73 Å². The third-order valence-corrected chi connectivity index (χ3v) is 3.18. The van der Waals surface area contributed by atoms with Gasteiger partial charge in [-0.05, 0) is 12.1 Å². The summed E-state index contributed by atoms with van der Waals surface area (Å²) in [6, 6.07) is 9.82. The maximum absolute atomic E-state index is 5.80. The number of para-hydroxylation sites is 1. The second-order valence-corrected chi connectivity index (χ2v) is 9.86. The van der Waals surface area contributed by atoms with Gasteiger partial charge < -0.3 is 5.73 Å². The molecule has 2 rings (SSSR count). The van der Waals surface area contributed by atoms with Crippen LogP contribution in [0.25, 0.3) is 10.9 Å². The van der Waals surface area contributed by atoms with Crippen LogP contribution in [0.2, 0.25) is 19.6 Å². The molecule has 0 radical (unpaired) electrons. The number of nitrogen functional groups attached to an aromatic ring is 1. The van der Waals surface area contributed by atoms with Crippen LogP contribution in [-0.4, -0.2) is 13.1 Å². The molecule has 0 spiro atoms. The number of anilines is 1. The third-order valence-electron chi connectivity index (χ3n) is 2.31. The number of benzene rings is 1. The predicted octanol–water partition coefficient (Wildman–Crippen LogP) is 3.05. The van der Waals surface area contributed by atoms with Gasteiger partial charge in [-0.1, -0.05) is 43.8 Å². The highest BCUT2D eigenvalue weighted by molar-refractivity contribution is 6.83. The van der Waals surface area contributed by atoms with Gasteiger partial charge in [-0.3, -0.25) is 0 Å². The molecule has 2 N–H and O–H groups in total. The molecule has 3 heteroatoms. The van der Waals surface area contributed by atoms with Crippen molar-refractivity contribution >= 4 is 24.8 Å². The average molecular weight is 240 g/mol. The van der Waals surface area contributed by atoms with Crippen LogP contribution in [0.4, 0.5) is 5.82 Å². The molecular formula is C14H16N2Si. The SMILES string of the molecule is C[Si](C)(C)C#Cc1cc(N)nc2ccccc12. The number of fused-ring (bicyclic) bond motifs is 1. The zero-order chi connectivity index (χ0) is 12.5. The maximum atomic E-state index is 5.80. The normalized spacial score (nSPS) is 11.0. The lowest BCUT2D eigenvalue weighted by Gasteiger charge is -2.05. The molecule has 0 atom stereocenters. The third kappa shape index (κ3) is 2.86. The summed E-state index contributed by atoms with van der Waals surface area (Å²) >= 11 is 0. The largest absolute Gasteiger partial charge is 0.384 e. The van der Waals surface area contributed by atoms with Crippen LogP contribution in [0.5, 0.6) is 0 Å². The molecule has 0 aliphatic rings. The molecule has 17 heavy (non-hydrogen) atoms. The molecule has 0 saturated carbocycles. The Morgan fingerprint density at radius 2 is 1.88 bits per heavy atom. The molecule has 0 amide bonds. The van der Waals surface area contributed by atoms with Gasteiger partial charge >= 0.3 is 0 Å². The number of rotatable bonds is 0. The van der Waals surface area contributed by atoms with E-state index in [1.54, 1.807) is 0 Å². The summed E-state index contributed by atoms with van der Waals surface area (Å²) in [7, 11) is -1.37. The van der Waals surface area contributed by atoms with Gasteiger partial charge in [0.25, 0.3) is 0 Å². The minimum Gasteiger partial charge on any atom is -0.384 e. The summed E-state index contributed by atoms with van der Waals surface area (Å²) < 4.78 is 0. The number of nitrogens with zero attached hydrogens (tertiary/aromatic N) is 1. The van der Waals surface area contributed by atoms with Crippen LogP contribution in [0.3, 0.4) is 0 Å². The van der Waals surface area contributed by atoms with E-state index in [1.807, 2.05) is 30.3 Å². The molecule has 0 fully saturated rings. The Kier molecular flexibility index (Phi) is 2.91. The summed E-state index contributed by atoms with van der Waals surface area (Å²) in [5, 5.41) is 1.08. The lowest BCUT2D eigenvalue weighted by molar-refractivity contribution is 1.41. The van der Waals surface area contributed by atoms with Gasteiger partial charge in [-0.2, -0.15) is 0 Å². The fourth-order valence-electron chi connectivity index (χ4n) is 1.55. The maximum Gasteiger partial charge on any atom is 0.129 e. The van der Waals surface area contributed by atoms with E-state index in [0.29, 0.717) is 5.82 Å². The monoisotopic (exact) mass is 240 g/mol. The fraction of sp³-hybridized carbons (Fsp3) is 0.214. The molecule has 0 unspecified atom stereocenters. The van der Waals surface area contributed by atoms with Crippen molar-refractivity contribution < 1.29 is 0 Å². The molecule has 1 aromatic carbocycles. The van der Waals surface area contributed by atoms with Crippen molar-refractivity contribution in [1.29, 1.82) is 0 Å². The van der Waals surface area contributed by atoms with E-state index < -0.39 is 8.07 Å². The highest BCUT2D eigenvalue weighted by Crippen LogP contribution is 2.18. The number of nitrogens with two attached hydrogens (primary N) is 1. The Balaban J connectivity index is 2.63. The van der Waals surface area contributed by atoms with Crippen LogP contribution in [-0.2, 0) is 0 Å². The van der Waals surface area contributed by atoms with Gasteiger partial charge in [0, 0.05) is 10.9 Å². The van der Waals surface area contributed by atoms with E-state index in [-0.39, 0.29) is 0 Å². The molecule has 2 aromatic rings. The lowest BCUT2D eigenvalue weighted by Crippen LogP contribution is -2.16. The first kappa shape index (κ1) is 11.7. The van der Waals surface area contributed by atoms with Crippen LogP contribution in [0, 0.1) is 11.5 Å². The van der Waals surface area contributed by atoms with Crippen molar-refractivity contribution in [1.82, 2.24) is 4.98 Å². The number of hydrogen-bond donors (Lipinski definition) is 1. The molecule has 0 bridgehead atoms. The molecule has 1 heterocycles. The summed E-state index contributed by atoms with van der Waals surface area (Å²) in [5.74, 6) is 3.79. The van der Waals surface area contributed by atoms with Gasteiger partial charge in [0.15, 0.2) is 0 Å². The molecule has 2 nitrogen and oxygen atoms in total. The highest BCUT2D eigenvalue weighted by atomic mass is 28.3. The Morgan fingerprint density at radius 1 is 1.18 bits per heavy atom.